The van der Waals surface area contributed by atoms with Gasteiger partial charge in [0.15, 0.2) is 11.2 Å². The summed E-state index contributed by atoms with van der Waals surface area (Å²) in [7, 11) is 0. The molecule has 0 N–H and O–H groups in total. The second kappa shape index (κ2) is 11.7. The van der Waals surface area contributed by atoms with Crippen LogP contribution in [0.4, 0.5) is 0 Å². The molecule has 0 radical (unpaired) electrons. The van der Waals surface area contributed by atoms with Crippen LogP contribution in [0.3, 0.4) is 0 Å². The van der Waals surface area contributed by atoms with E-state index in [1.165, 1.54) is 21.5 Å². The zero-order valence-electron chi connectivity index (χ0n) is 28.4. The first-order chi connectivity index (χ1) is 26.2. The fourth-order valence-corrected chi connectivity index (χ4v) is 7.58. The number of para-hydroxylation sites is 4. The molecule has 0 unspecified atom stereocenters. The van der Waals surface area contributed by atoms with E-state index in [1.54, 1.807) is 0 Å². The van der Waals surface area contributed by atoms with Crippen LogP contribution < -0.4 is 0 Å². The van der Waals surface area contributed by atoms with Crippen molar-refractivity contribution < 1.29 is 8.83 Å². The van der Waals surface area contributed by atoms with E-state index in [-0.39, 0.29) is 0 Å². The van der Waals surface area contributed by atoms with Gasteiger partial charge in [-0.25, -0.2) is 9.97 Å². The lowest BCUT2D eigenvalue weighted by Gasteiger charge is -2.10. The molecule has 53 heavy (non-hydrogen) atoms. The molecule has 0 fully saturated rings. The number of nitrogens with zero attached hydrogens (tertiary/aromatic N) is 3. The van der Waals surface area contributed by atoms with Gasteiger partial charge < -0.3 is 13.4 Å². The highest BCUT2D eigenvalue weighted by Crippen LogP contribution is 2.38. The summed E-state index contributed by atoms with van der Waals surface area (Å²) < 4.78 is 14.5. The van der Waals surface area contributed by atoms with Gasteiger partial charge in [0.05, 0.1) is 11.0 Å². The van der Waals surface area contributed by atoms with E-state index < -0.39 is 0 Å². The number of hydrogen-bond acceptors (Lipinski definition) is 4. The van der Waals surface area contributed by atoms with Crippen molar-refractivity contribution in [3.63, 3.8) is 0 Å². The molecule has 3 heterocycles. The summed E-state index contributed by atoms with van der Waals surface area (Å²) in [4.78, 5) is 9.39. The monoisotopic (exact) mass is 679 g/mol. The van der Waals surface area contributed by atoms with Crippen molar-refractivity contribution in [3.05, 3.63) is 176 Å². The summed E-state index contributed by atoms with van der Waals surface area (Å²) in [5, 5.41) is 4.83. The standard InChI is InChI=1S/C48H29N3O2/c1-2-8-35-27-38(24-21-30(35)7-1)51-43-25-22-36(31-13-17-33(18-14-31)47-49-41-9-3-5-11-45(41)52-47)28-39(43)40-29-37(23-26-44(40)51)32-15-19-34(20-16-32)48-50-42-10-4-6-12-46(42)53-48/h1-29H. The van der Waals surface area contributed by atoms with Gasteiger partial charge in [-0.15, -0.1) is 0 Å². The predicted molar refractivity (Wildman–Crippen MR) is 215 cm³/mol. The van der Waals surface area contributed by atoms with Gasteiger partial charge in [0.25, 0.3) is 0 Å². The van der Waals surface area contributed by atoms with Crippen LogP contribution in [0.15, 0.2) is 185 Å². The Kier molecular flexibility index (Phi) is 6.48. The van der Waals surface area contributed by atoms with Gasteiger partial charge in [-0.3, -0.25) is 0 Å². The number of aromatic nitrogens is 3. The molecule has 0 aliphatic carbocycles. The molecule has 0 saturated carbocycles. The molecular weight excluding hydrogens is 651 g/mol. The van der Waals surface area contributed by atoms with E-state index in [4.69, 9.17) is 18.8 Å². The van der Waals surface area contributed by atoms with E-state index in [9.17, 15) is 0 Å². The Bertz CT molecular complexity index is 2920. The van der Waals surface area contributed by atoms with Crippen molar-refractivity contribution in [2.75, 3.05) is 0 Å². The average molecular weight is 680 g/mol. The zero-order valence-corrected chi connectivity index (χ0v) is 28.4. The second-order valence-corrected chi connectivity index (χ2v) is 13.5. The Morgan fingerprint density at radius 2 is 0.811 bits per heavy atom. The fraction of sp³-hybridized carbons (Fsp3) is 0. The Morgan fingerprint density at radius 1 is 0.358 bits per heavy atom. The average Bonchev–Trinajstić information content (AvgIpc) is 3.94. The minimum atomic E-state index is 0.626. The lowest BCUT2D eigenvalue weighted by atomic mass is 9.99. The van der Waals surface area contributed by atoms with Gasteiger partial charge in [-0.05, 0) is 118 Å². The van der Waals surface area contributed by atoms with Crippen LogP contribution in [0.5, 0.6) is 0 Å². The maximum Gasteiger partial charge on any atom is 0.227 e. The summed E-state index contributed by atoms with van der Waals surface area (Å²) in [6, 6.07) is 61.5. The molecule has 11 aromatic rings. The molecule has 5 nitrogen and oxygen atoms in total. The van der Waals surface area contributed by atoms with E-state index in [0.29, 0.717) is 11.8 Å². The van der Waals surface area contributed by atoms with Gasteiger partial charge in [0.1, 0.15) is 11.0 Å². The van der Waals surface area contributed by atoms with Crippen molar-refractivity contribution >= 4 is 54.8 Å². The molecule has 11 rings (SSSR count). The normalized spacial score (nSPS) is 11.8. The van der Waals surface area contributed by atoms with Crippen LogP contribution in [0.1, 0.15) is 0 Å². The van der Waals surface area contributed by atoms with Crippen LogP contribution in [-0.4, -0.2) is 14.5 Å². The number of oxazole rings is 2. The molecule has 0 aliphatic heterocycles. The molecule has 0 amide bonds. The largest absolute Gasteiger partial charge is 0.436 e. The molecule has 0 spiro atoms. The van der Waals surface area contributed by atoms with Crippen LogP contribution in [-0.2, 0) is 0 Å². The minimum absolute atomic E-state index is 0.626. The maximum absolute atomic E-state index is 6.04. The Hall–Kier alpha value is -7.24. The number of hydrogen-bond donors (Lipinski definition) is 0. The smallest absolute Gasteiger partial charge is 0.227 e. The first-order valence-electron chi connectivity index (χ1n) is 17.7. The SMILES string of the molecule is c1ccc2cc(-n3c4ccc(-c5ccc(-c6nc7ccccc7o6)cc5)cc4c4cc(-c5ccc(-c6nc7ccccc7o6)cc5)ccc43)ccc2c1. The van der Waals surface area contributed by atoms with Crippen LogP contribution in [0.25, 0.3) is 106 Å². The van der Waals surface area contributed by atoms with Crippen LogP contribution in [0.2, 0.25) is 0 Å². The molecule has 0 atom stereocenters. The van der Waals surface area contributed by atoms with Gasteiger partial charge in [-0.1, -0.05) is 91.0 Å². The van der Waals surface area contributed by atoms with Gasteiger partial charge in [0.2, 0.25) is 11.8 Å². The molecule has 8 aromatic carbocycles. The highest BCUT2D eigenvalue weighted by Gasteiger charge is 2.16. The van der Waals surface area contributed by atoms with Crippen molar-refractivity contribution in [3.8, 4) is 50.8 Å². The van der Waals surface area contributed by atoms with E-state index >= 15 is 0 Å². The predicted octanol–water partition coefficient (Wildman–Crippen LogP) is 12.9. The number of fused-ring (bicyclic) bond motifs is 6. The van der Waals surface area contributed by atoms with Crippen LogP contribution >= 0.6 is 0 Å². The number of rotatable bonds is 5. The third kappa shape index (κ3) is 4.94. The van der Waals surface area contributed by atoms with Crippen molar-refractivity contribution in [1.29, 1.82) is 0 Å². The van der Waals surface area contributed by atoms with Gasteiger partial charge in [0, 0.05) is 27.6 Å². The van der Waals surface area contributed by atoms with Crippen molar-refractivity contribution in [2.24, 2.45) is 0 Å². The topological polar surface area (TPSA) is 57.0 Å². The van der Waals surface area contributed by atoms with Crippen molar-refractivity contribution in [1.82, 2.24) is 14.5 Å². The maximum atomic E-state index is 6.04. The molecule has 0 aliphatic rings. The molecule has 3 aromatic heterocycles. The highest BCUT2D eigenvalue weighted by atomic mass is 16.4. The third-order valence-corrected chi connectivity index (χ3v) is 10.3. The third-order valence-electron chi connectivity index (χ3n) is 10.3. The molecule has 5 heteroatoms. The van der Waals surface area contributed by atoms with E-state index in [2.05, 4.69) is 132 Å². The fourth-order valence-electron chi connectivity index (χ4n) is 7.58. The van der Waals surface area contributed by atoms with Crippen molar-refractivity contribution in [2.45, 2.75) is 0 Å². The quantitative estimate of drug-likeness (QED) is 0.182. The van der Waals surface area contributed by atoms with E-state index in [1.807, 2.05) is 48.5 Å². The first-order valence-corrected chi connectivity index (χ1v) is 17.7. The Morgan fingerprint density at radius 3 is 1.34 bits per heavy atom. The van der Waals surface area contributed by atoms with Crippen LogP contribution in [0, 0.1) is 0 Å². The summed E-state index contributed by atoms with van der Waals surface area (Å²) in [5.41, 5.74) is 13.2. The van der Waals surface area contributed by atoms with E-state index in [0.717, 1.165) is 72.3 Å². The van der Waals surface area contributed by atoms with Gasteiger partial charge >= 0.3 is 0 Å². The summed E-state index contributed by atoms with van der Waals surface area (Å²) >= 11 is 0. The Balaban J connectivity index is 1.03. The Labute approximate surface area is 304 Å². The summed E-state index contributed by atoms with van der Waals surface area (Å²) in [5.74, 6) is 1.25. The van der Waals surface area contributed by atoms with Gasteiger partial charge in [-0.2, -0.15) is 0 Å². The molecule has 248 valence electrons. The molecule has 0 saturated heterocycles. The second-order valence-electron chi connectivity index (χ2n) is 13.5. The lowest BCUT2D eigenvalue weighted by molar-refractivity contribution is 0.619. The summed E-state index contributed by atoms with van der Waals surface area (Å²) in [6.07, 6.45) is 0. The minimum Gasteiger partial charge on any atom is -0.436 e. The molecular formula is C48H29N3O2. The first kappa shape index (κ1) is 29.5. The zero-order chi connectivity index (χ0) is 34.9. The highest BCUT2D eigenvalue weighted by molar-refractivity contribution is 6.12. The number of benzene rings is 8. The summed E-state index contributed by atoms with van der Waals surface area (Å²) in [6.45, 7) is 0. The lowest BCUT2D eigenvalue weighted by Crippen LogP contribution is -1.94. The molecule has 0 bridgehead atoms.